The van der Waals surface area contributed by atoms with Gasteiger partial charge in [-0.1, -0.05) is 0 Å². The van der Waals surface area contributed by atoms with Crippen LogP contribution in [0.5, 0.6) is 0 Å². The highest BCUT2D eigenvalue weighted by atomic mass is 16.6. The predicted octanol–water partition coefficient (Wildman–Crippen LogP) is -0.480. The second-order valence-electron chi connectivity index (χ2n) is 1.10. The first-order valence-electron chi connectivity index (χ1n) is 2.29. The molecule has 0 unspecified atom stereocenters. The number of aliphatic hydroxyl groups excluding tert-OH is 1. The molecule has 7 heavy (non-hydrogen) atoms. The van der Waals surface area contributed by atoms with Gasteiger partial charge in [-0.25, -0.2) is 5.48 Å². The molecule has 1 aliphatic heterocycles. The van der Waals surface area contributed by atoms with E-state index in [2.05, 4.69) is 5.48 Å². The van der Waals surface area contributed by atoms with Crippen LogP contribution in [0.4, 0.5) is 0 Å². The van der Waals surface area contributed by atoms with Crippen LogP contribution in [0.1, 0.15) is 6.42 Å². The quantitative estimate of drug-likeness (QED) is 0.437. The first-order valence-corrected chi connectivity index (χ1v) is 2.29. The third kappa shape index (κ3) is 3.72. The normalized spacial score (nSPS) is 18.0. The van der Waals surface area contributed by atoms with Gasteiger partial charge in [-0.15, -0.1) is 0 Å². The Kier molecular flexibility index (Phi) is 5.78. The summed E-state index contributed by atoms with van der Waals surface area (Å²) >= 11 is 0. The number of rotatable bonds is 0. The fourth-order valence-corrected chi connectivity index (χ4v) is 0.361. The lowest BCUT2D eigenvalue weighted by molar-refractivity contribution is 0.103. The Hall–Kier alpha value is -0.120. The van der Waals surface area contributed by atoms with Gasteiger partial charge in [-0.3, -0.25) is 0 Å². The summed E-state index contributed by atoms with van der Waals surface area (Å²) < 4.78 is 0. The van der Waals surface area contributed by atoms with E-state index >= 15 is 0 Å². The van der Waals surface area contributed by atoms with Gasteiger partial charge in [0.25, 0.3) is 0 Å². The molecule has 0 aliphatic carbocycles. The molecule has 0 spiro atoms. The maximum Gasteiger partial charge on any atom is 0.0695 e. The molecule has 1 rings (SSSR count). The highest BCUT2D eigenvalue weighted by molar-refractivity contribution is 4.40. The zero-order valence-electron chi connectivity index (χ0n) is 4.48. The van der Waals surface area contributed by atoms with Gasteiger partial charge < -0.3 is 9.94 Å². The minimum absolute atomic E-state index is 0.889. The summed E-state index contributed by atoms with van der Waals surface area (Å²) in [4.78, 5) is 4.69. The number of hydrogen-bond donors (Lipinski definition) is 2. The molecule has 2 N–H and O–H groups in total. The molecular weight excluding hydrogens is 94.0 g/mol. The molecule has 1 fully saturated rings. The molecule has 0 aromatic rings. The molecule has 1 aliphatic rings. The zero-order chi connectivity index (χ0) is 5.54. The van der Waals surface area contributed by atoms with E-state index in [1.165, 1.54) is 6.42 Å². The minimum atomic E-state index is 0.889. The molecule has 0 aromatic heterocycles. The van der Waals surface area contributed by atoms with Crippen molar-refractivity contribution in [2.45, 2.75) is 6.42 Å². The molecule has 0 aromatic carbocycles. The van der Waals surface area contributed by atoms with Gasteiger partial charge in [0.1, 0.15) is 0 Å². The van der Waals surface area contributed by atoms with Gasteiger partial charge in [-0.05, 0) is 6.42 Å². The maximum atomic E-state index is 7.00. The van der Waals surface area contributed by atoms with E-state index in [-0.39, 0.29) is 0 Å². The second-order valence-corrected chi connectivity index (χ2v) is 1.10. The number of hydroxylamine groups is 1. The van der Waals surface area contributed by atoms with Crippen LogP contribution in [0.25, 0.3) is 0 Å². The summed E-state index contributed by atoms with van der Waals surface area (Å²) in [7, 11) is 1.00. The van der Waals surface area contributed by atoms with Gasteiger partial charge in [0, 0.05) is 13.7 Å². The van der Waals surface area contributed by atoms with Crippen molar-refractivity contribution >= 4 is 0 Å². The Morgan fingerprint density at radius 2 is 2.29 bits per heavy atom. The van der Waals surface area contributed by atoms with Gasteiger partial charge in [0.2, 0.25) is 0 Å². The minimum Gasteiger partial charge on any atom is -0.400 e. The van der Waals surface area contributed by atoms with Crippen molar-refractivity contribution in [1.82, 2.24) is 5.48 Å². The summed E-state index contributed by atoms with van der Waals surface area (Å²) in [6.45, 7) is 1.92. The van der Waals surface area contributed by atoms with Crippen LogP contribution < -0.4 is 5.48 Å². The molecular formula is C4H11NO2. The van der Waals surface area contributed by atoms with Gasteiger partial charge in [0.15, 0.2) is 0 Å². The Balaban J connectivity index is 0.000000162. The second kappa shape index (κ2) is 5.88. The van der Waals surface area contributed by atoms with E-state index in [1.807, 2.05) is 0 Å². The summed E-state index contributed by atoms with van der Waals surface area (Å²) in [5.41, 5.74) is 2.72. The Morgan fingerprint density at radius 3 is 2.43 bits per heavy atom. The van der Waals surface area contributed by atoms with Crippen molar-refractivity contribution in [2.75, 3.05) is 20.3 Å². The van der Waals surface area contributed by atoms with Crippen molar-refractivity contribution in [1.29, 1.82) is 0 Å². The van der Waals surface area contributed by atoms with Crippen molar-refractivity contribution in [3.05, 3.63) is 0 Å². The first-order chi connectivity index (χ1) is 3.50. The van der Waals surface area contributed by atoms with Crippen LogP contribution in [-0.4, -0.2) is 25.4 Å². The highest BCUT2D eigenvalue weighted by Crippen LogP contribution is 1.83. The van der Waals surface area contributed by atoms with Crippen LogP contribution in [0.3, 0.4) is 0 Å². The third-order valence-electron chi connectivity index (χ3n) is 0.627. The van der Waals surface area contributed by atoms with E-state index in [0.717, 1.165) is 20.3 Å². The molecule has 0 amide bonds. The summed E-state index contributed by atoms with van der Waals surface area (Å²) in [6, 6.07) is 0. The molecule has 0 radical (unpaired) electrons. The van der Waals surface area contributed by atoms with Gasteiger partial charge in [-0.2, -0.15) is 0 Å². The molecule has 1 saturated heterocycles. The lowest BCUT2D eigenvalue weighted by atomic mass is 10.5. The van der Waals surface area contributed by atoms with Crippen LogP contribution >= 0.6 is 0 Å². The topological polar surface area (TPSA) is 41.5 Å². The smallest absolute Gasteiger partial charge is 0.0695 e. The maximum absolute atomic E-state index is 7.00. The number of aliphatic hydroxyl groups is 1. The van der Waals surface area contributed by atoms with E-state index in [4.69, 9.17) is 9.94 Å². The molecule has 44 valence electrons. The summed E-state index contributed by atoms with van der Waals surface area (Å²) in [5, 5.41) is 7.00. The highest BCUT2D eigenvalue weighted by Gasteiger charge is 1.93. The number of hydrogen-bond acceptors (Lipinski definition) is 3. The Morgan fingerprint density at radius 1 is 1.57 bits per heavy atom. The van der Waals surface area contributed by atoms with E-state index in [1.54, 1.807) is 0 Å². The van der Waals surface area contributed by atoms with E-state index in [0.29, 0.717) is 0 Å². The SMILES string of the molecule is C1CNOC1.CO. The molecule has 0 bridgehead atoms. The lowest BCUT2D eigenvalue weighted by Gasteiger charge is -1.80. The largest absolute Gasteiger partial charge is 0.400 e. The van der Waals surface area contributed by atoms with Crippen LogP contribution in [0.15, 0.2) is 0 Å². The van der Waals surface area contributed by atoms with Gasteiger partial charge in [0.05, 0.1) is 6.61 Å². The van der Waals surface area contributed by atoms with Crippen LogP contribution in [0.2, 0.25) is 0 Å². The first kappa shape index (κ1) is 6.88. The van der Waals surface area contributed by atoms with Crippen molar-refractivity contribution in [3.63, 3.8) is 0 Å². The van der Waals surface area contributed by atoms with Crippen LogP contribution in [0, 0.1) is 0 Å². The Bertz CT molecular complexity index is 21.3. The predicted molar refractivity (Wildman–Crippen MR) is 26.7 cm³/mol. The van der Waals surface area contributed by atoms with Crippen molar-refractivity contribution in [3.8, 4) is 0 Å². The molecule has 3 heteroatoms. The fourth-order valence-electron chi connectivity index (χ4n) is 0.361. The monoisotopic (exact) mass is 105 g/mol. The van der Waals surface area contributed by atoms with Crippen molar-refractivity contribution < 1.29 is 9.94 Å². The van der Waals surface area contributed by atoms with Crippen LogP contribution in [-0.2, 0) is 4.84 Å². The molecule has 1 heterocycles. The lowest BCUT2D eigenvalue weighted by Crippen LogP contribution is -2.01. The average Bonchev–Trinajstić information content (AvgIpc) is 2.23. The molecule has 0 saturated carbocycles. The Labute approximate surface area is 43.2 Å². The van der Waals surface area contributed by atoms with E-state index < -0.39 is 0 Å². The molecule has 0 atom stereocenters. The summed E-state index contributed by atoms with van der Waals surface area (Å²) in [5.74, 6) is 0. The number of nitrogens with one attached hydrogen (secondary N) is 1. The average molecular weight is 105 g/mol. The fraction of sp³-hybridized carbons (Fsp3) is 1.00. The molecule has 3 nitrogen and oxygen atoms in total. The zero-order valence-corrected chi connectivity index (χ0v) is 4.48. The van der Waals surface area contributed by atoms with Crippen molar-refractivity contribution in [2.24, 2.45) is 0 Å². The summed E-state index contributed by atoms with van der Waals surface area (Å²) in [6.07, 6.45) is 1.17. The standard InChI is InChI=1S/C3H7NO.CH4O/c1-2-4-5-3-1;1-2/h4H,1-3H2;2H,1H3. The van der Waals surface area contributed by atoms with E-state index in [9.17, 15) is 0 Å². The third-order valence-corrected chi connectivity index (χ3v) is 0.627. The van der Waals surface area contributed by atoms with Gasteiger partial charge >= 0.3 is 0 Å².